The molecule has 0 radical (unpaired) electrons. The van der Waals surface area contributed by atoms with Crippen LogP contribution in [0.1, 0.15) is 19.8 Å². The molecule has 1 saturated heterocycles. The molecular formula is C10H19NO3S. The zero-order valence-electron chi connectivity index (χ0n) is 9.28. The van der Waals surface area contributed by atoms with Gasteiger partial charge in [-0.05, 0) is 25.5 Å². The van der Waals surface area contributed by atoms with Crippen molar-refractivity contribution in [2.24, 2.45) is 0 Å². The minimum Gasteiger partial charge on any atom is -0.480 e. The molecule has 88 valence electrons. The molecule has 0 spiro atoms. The van der Waals surface area contributed by atoms with Gasteiger partial charge in [-0.25, -0.2) is 0 Å². The molecule has 15 heavy (non-hydrogen) atoms. The number of rotatable bonds is 6. The fourth-order valence-electron chi connectivity index (χ4n) is 1.70. The van der Waals surface area contributed by atoms with Gasteiger partial charge >= 0.3 is 5.97 Å². The number of methoxy groups -OCH3 is 1. The zero-order chi connectivity index (χ0) is 11.3. The van der Waals surface area contributed by atoms with Crippen molar-refractivity contribution < 1.29 is 14.6 Å². The average Bonchev–Trinajstić information content (AvgIpc) is 2.60. The Labute approximate surface area is 94.8 Å². The van der Waals surface area contributed by atoms with Gasteiger partial charge < -0.3 is 15.2 Å². The normalized spacial score (nSPS) is 27.9. The number of nitrogens with one attached hydrogen (secondary N) is 1. The molecule has 0 aromatic rings. The van der Waals surface area contributed by atoms with E-state index in [-0.39, 0.29) is 11.4 Å². The number of hydrogen-bond acceptors (Lipinski definition) is 4. The molecule has 0 bridgehead atoms. The van der Waals surface area contributed by atoms with E-state index in [1.54, 1.807) is 0 Å². The molecule has 1 rings (SSSR count). The lowest BCUT2D eigenvalue weighted by Gasteiger charge is -2.25. The Morgan fingerprint density at radius 3 is 2.93 bits per heavy atom. The van der Waals surface area contributed by atoms with Crippen LogP contribution in [-0.4, -0.2) is 47.9 Å². The Kier molecular flexibility index (Phi) is 4.89. The molecule has 4 nitrogen and oxygen atoms in total. The van der Waals surface area contributed by atoms with Crippen LogP contribution < -0.4 is 5.32 Å². The van der Waals surface area contributed by atoms with E-state index in [2.05, 4.69) is 12.2 Å². The molecule has 2 N–H and O–H groups in total. The van der Waals surface area contributed by atoms with Gasteiger partial charge in [-0.1, -0.05) is 0 Å². The van der Waals surface area contributed by atoms with Gasteiger partial charge in [0.2, 0.25) is 0 Å². The van der Waals surface area contributed by atoms with Crippen LogP contribution in [0.15, 0.2) is 0 Å². The standard InChI is InChI=1S/C10H19NO3S/c1-10(4-3-5-15-10)7-11-8(6-14-2)9(12)13/h8,11H,3-7H2,1-2H3,(H,12,13). The van der Waals surface area contributed by atoms with E-state index in [0.717, 1.165) is 13.0 Å². The molecule has 1 fully saturated rings. The van der Waals surface area contributed by atoms with E-state index in [4.69, 9.17) is 9.84 Å². The first-order valence-corrected chi connectivity index (χ1v) is 6.15. The molecule has 1 aliphatic heterocycles. The van der Waals surface area contributed by atoms with Crippen molar-refractivity contribution in [1.82, 2.24) is 5.32 Å². The second-order valence-corrected chi connectivity index (χ2v) is 5.81. The second-order valence-electron chi connectivity index (χ2n) is 4.13. The molecule has 2 atom stereocenters. The van der Waals surface area contributed by atoms with Gasteiger partial charge in [-0.2, -0.15) is 11.8 Å². The third kappa shape index (κ3) is 4.01. The summed E-state index contributed by atoms with van der Waals surface area (Å²) < 4.78 is 5.06. The number of thioether (sulfide) groups is 1. The predicted molar refractivity (Wildman–Crippen MR) is 61.4 cm³/mol. The Bertz CT molecular complexity index is 217. The van der Waals surface area contributed by atoms with Crippen LogP contribution in [0.4, 0.5) is 0 Å². The summed E-state index contributed by atoms with van der Waals surface area (Å²) in [6.07, 6.45) is 2.38. The van der Waals surface area contributed by atoms with E-state index < -0.39 is 12.0 Å². The van der Waals surface area contributed by atoms with Crippen LogP contribution in [0.3, 0.4) is 0 Å². The van der Waals surface area contributed by atoms with Crippen LogP contribution in [0, 0.1) is 0 Å². The Hall–Kier alpha value is -0.260. The monoisotopic (exact) mass is 233 g/mol. The predicted octanol–water partition coefficient (Wildman–Crippen LogP) is 0.961. The summed E-state index contributed by atoms with van der Waals surface area (Å²) in [5.41, 5.74) is 0. The Morgan fingerprint density at radius 2 is 2.47 bits per heavy atom. The Morgan fingerprint density at radius 1 is 1.73 bits per heavy atom. The van der Waals surface area contributed by atoms with Crippen LogP contribution in [0.5, 0.6) is 0 Å². The minimum atomic E-state index is -0.844. The van der Waals surface area contributed by atoms with Gasteiger partial charge in [-0.15, -0.1) is 0 Å². The molecule has 1 aliphatic rings. The summed E-state index contributed by atoms with van der Waals surface area (Å²) in [5.74, 6) is 0.337. The fraction of sp³-hybridized carbons (Fsp3) is 0.900. The molecule has 2 unspecified atom stereocenters. The highest BCUT2D eigenvalue weighted by Crippen LogP contribution is 2.36. The highest BCUT2D eigenvalue weighted by Gasteiger charge is 2.30. The molecular weight excluding hydrogens is 214 g/mol. The van der Waals surface area contributed by atoms with Crippen molar-refractivity contribution in [3.05, 3.63) is 0 Å². The van der Waals surface area contributed by atoms with E-state index in [0.29, 0.717) is 0 Å². The smallest absolute Gasteiger partial charge is 0.323 e. The minimum absolute atomic E-state index is 0.196. The molecule has 0 amide bonds. The van der Waals surface area contributed by atoms with Gasteiger partial charge in [-0.3, -0.25) is 4.79 Å². The molecule has 5 heteroatoms. The maximum atomic E-state index is 10.8. The topological polar surface area (TPSA) is 58.6 Å². The van der Waals surface area contributed by atoms with Gasteiger partial charge in [0, 0.05) is 18.4 Å². The van der Waals surface area contributed by atoms with Crippen LogP contribution in [0.2, 0.25) is 0 Å². The maximum Gasteiger partial charge on any atom is 0.323 e. The van der Waals surface area contributed by atoms with Gasteiger partial charge in [0.1, 0.15) is 6.04 Å². The maximum absolute atomic E-state index is 10.8. The first-order chi connectivity index (χ1) is 7.07. The average molecular weight is 233 g/mol. The van der Waals surface area contributed by atoms with Crippen LogP contribution in [0.25, 0.3) is 0 Å². The summed E-state index contributed by atoms with van der Waals surface area (Å²) in [4.78, 5) is 10.8. The largest absolute Gasteiger partial charge is 0.480 e. The molecule has 0 aromatic heterocycles. The molecule has 1 heterocycles. The highest BCUT2D eigenvalue weighted by molar-refractivity contribution is 8.00. The Balaban J connectivity index is 2.35. The summed E-state index contributed by atoms with van der Waals surface area (Å²) in [6.45, 7) is 3.14. The van der Waals surface area contributed by atoms with Crippen molar-refractivity contribution in [2.75, 3.05) is 26.0 Å². The second kappa shape index (κ2) is 5.72. The number of carboxylic acid groups (broad SMARTS) is 1. The van der Waals surface area contributed by atoms with Crippen LogP contribution in [-0.2, 0) is 9.53 Å². The first kappa shape index (κ1) is 12.8. The number of carbonyl (C=O) groups is 1. The van der Waals surface area contributed by atoms with E-state index >= 15 is 0 Å². The molecule has 0 saturated carbocycles. The lowest BCUT2D eigenvalue weighted by Crippen LogP contribution is -2.45. The quantitative estimate of drug-likeness (QED) is 0.715. The van der Waals surface area contributed by atoms with E-state index in [9.17, 15) is 4.79 Å². The number of aliphatic carboxylic acids is 1. The third-order valence-electron chi connectivity index (χ3n) is 2.65. The van der Waals surface area contributed by atoms with Gasteiger partial charge in [0.05, 0.1) is 6.61 Å². The number of hydrogen-bond donors (Lipinski definition) is 2. The fourth-order valence-corrected chi connectivity index (χ4v) is 2.96. The SMILES string of the molecule is COCC(NCC1(C)CCCS1)C(=O)O. The van der Waals surface area contributed by atoms with Crippen molar-refractivity contribution in [1.29, 1.82) is 0 Å². The lowest BCUT2D eigenvalue weighted by atomic mass is 10.1. The van der Waals surface area contributed by atoms with Crippen molar-refractivity contribution in [2.45, 2.75) is 30.6 Å². The van der Waals surface area contributed by atoms with E-state index in [1.165, 1.54) is 19.3 Å². The van der Waals surface area contributed by atoms with Crippen molar-refractivity contribution in [3.8, 4) is 0 Å². The lowest BCUT2D eigenvalue weighted by molar-refractivity contribution is -0.140. The van der Waals surface area contributed by atoms with Crippen molar-refractivity contribution >= 4 is 17.7 Å². The summed E-state index contributed by atoms with van der Waals surface area (Å²) >= 11 is 1.92. The highest BCUT2D eigenvalue weighted by atomic mass is 32.2. The molecule has 0 aromatic carbocycles. The first-order valence-electron chi connectivity index (χ1n) is 5.16. The summed E-state index contributed by atoms with van der Waals surface area (Å²) in [5, 5.41) is 12.0. The number of carboxylic acids is 1. The molecule has 0 aliphatic carbocycles. The van der Waals surface area contributed by atoms with Gasteiger partial charge in [0.15, 0.2) is 0 Å². The van der Waals surface area contributed by atoms with Gasteiger partial charge in [0.25, 0.3) is 0 Å². The van der Waals surface area contributed by atoms with Crippen molar-refractivity contribution in [3.63, 3.8) is 0 Å². The van der Waals surface area contributed by atoms with E-state index in [1.807, 2.05) is 11.8 Å². The summed E-state index contributed by atoms with van der Waals surface area (Å²) in [6, 6.07) is -0.590. The number of ether oxygens (including phenoxy) is 1. The van der Waals surface area contributed by atoms with Crippen LogP contribution >= 0.6 is 11.8 Å². The zero-order valence-corrected chi connectivity index (χ0v) is 10.1. The third-order valence-corrected chi connectivity index (χ3v) is 4.19. The summed E-state index contributed by atoms with van der Waals surface area (Å²) in [7, 11) is 1.52.